The number of amides is 1. The number of carbonyl (C=O) groups excluding carboxylic acids is 1. The number of aromatic nitrogens is 1. The average molecular weight is 413 g/mol. The Hall–Kier alpha value is -1.85. The van der Waals surface area contributed by atoms with Gasteiger partial charge in [-0.3, -0.25) is 4.79 Å². The van der Waals surface area contributed by atoms with Gasteiger partial charge in [0.05, 0.1) is 10.2 Å². The molecule has 1 aromatic heterocycles. The fourth-order valence-corrected chi connectivity index (χ4v) is 4.57. The number of rotatable bonds is 5. The first-order chi connectivity index (χ1) is 13.3. The Kier molecular flexibility index (Phi) is 6.46. The number of benzene rings is 2. The summed E-state index contributed by atoms with van der Waals surface area (Å²) in [4.78, 5) is 18.1. The van der Waals surface area contributed by atoms with Crippen molar-refractivity contribution in [2.24, 2.45) is 4.99 Å². The molecule has 0 aliphatic carbocycles. The summed E-state index contributed by atoms with van der Waals surface area (Å²) in [6, 6.07) is 14.4. The SMILES string of the molecule is CCc1ccc2c(c1)sc(=NC(=O)c1ccc(C(C)(C)C)cc1)n2CCSC. The van der Waals surface area contributed by atoms with Crippen molar-refractivity contribution in [3.8, 4) is 0 Å². The van der Waals surface area contributed by atoms with E-state index in [4.69, 9.17) is 0 Å². The van der Waals surface area contributed by atoms with Crippen molar-refractivity contribution in [1.82, 2.24) is 4.57 Å². The molecular weight excluding hydrogens is 384 g/mol. The zero-order valence-electron chi connectivity index (χ0n) is 17.3. The molecule has 3 aromatic rings. The van der Waals surface area contributed by atoms with Crippen molar-refractivity contribution in [2.45, 2.75) is 46.1 Å². The van der Waals surface area contributed by atoms with Crippen molar-refractivity contribution in [2.75, 3.05) is 12.0 Å². The van der Waals surface area contributed by atoms with Gasteiger partial charge in [0.1, 0.15) is 0 Å². The lowest BCUT2D eigenvalue weighted by Gasteiger charge is -2.18. The van der Waals surface area contributed by atoms with Crippen LogP contribution in [0.15, 0.2) is 47.5 Å². The van der Waals surface area contributed by atoms with Crippen LogP contribution >= 0.6 is 23.1 Å². The zero-order valence-corrected chi connectivity index (χ0v) is 18.9. The maximum Gasteiger partial charge on any atom is 0.279 e. The maximum absolute atomic E-state index is 12.8. The van der Waals surface area contributed by atoms with Gasteiger partial charge < -0.3 is 4.57 Å². The predicted octanol–water partition coefficient (Wildman–Crippen LogP) is 5.67. The molecule has 28 heavy (non-hydrogen) atoms. The van der Waals surface area contributed by atoms with E-state index < -0.39 is 0 Å². The molecule has 0 saturated heterocycles. The predicted molar refractivity (Wildman–Crippen MR) is 123 cm³/mol. The molecule has 0 atom stereocenters. The highest BCUT2D eigenvalue weighted by Crippen LogP contribution is 2.23. The highest BCUT2D eigenvalue weighted by Gasteiger charge is 2.15. The van der Waals surface area contributed by atoms with Crippen molar-refractivity contribution in [3.05, 3.63) is 64.0 Å². The standard InChI is InChI=1S/C23H28N2OS2/c1-6-16-7-12-19-20(15-16)28-22(25(19)13-14-27-5)24-21(26)17-8-10-18(11-9-17)23(2,3)4/h7-12,15H,6,13-14H2,1-5H3. The summed E-state index contributed by atoms with van der Waals surface area (Å²) in [7, 11) is 0. The van der Waals surface area contributed by atoms with Gasteiger partial charge in [-0.05, 0) is 53.5 Å². The molecule has 0 N–H and O–H groups in total. The molecule has 1 amide bonds. The number of nitrogens with zero attached hydrogens (tertiary/aromatic N) is 2. The Bertz CT molecular complexity index is 1040. The Balaban J connectivity index is 2.02. The molecule has 148 valence electrons. The van der Waals surface area contributed by atoms with Crippen LogP contribution in [0.2, 0.25) is 0 Å². The van der Waals surface area contributed by atoms with Crippen molar-refractivity contribution in [1.29, 1.82) is 0 Å². The monoisotopic (exact) mass is 412 g/mol. The summed E-state index contributed by atoms with van der Waals surface area (Å²) >= 11 is 3.40. The lowest BCUT2D eigenvalue weighted by molar-refractivity contribution is 0.0998. The molecular formula is C23H28N2OS2. The summed E-state index contributed by atoms with van der Waals surface area (Å²) in [5, 5.41) is 0. The van der Waals surface area contributed by atoms with Crippen LogP contribution in [0.5, 0.6) is 0 Å². The Morgan fingerprint density at radius 2 is 1.86 bits per heavy atom. The van der Waals surface area contributed by atoms with Crippen LogP contribution in [0.25, 0.3) is 10.2 Å². The topological polar surface area (TPSA) is 34.4 Å². The van der Waals surface area contributed by atoms with Crippen molar-refractivity contribution in [3.63, 3.8) is 0 Å². The van der Waals surface area contributed by atoms with E-state index in [9.17, 15) is 4.79 Å². The van der Waals surface area contributed by atoms with Gasteiger partial charge in [-0.2, -0.15) is 16.8 Å². The first-order valence-corrected chi connectivity index (χ1v) is 11.9. The van der Waals surface area contributed by atoms with E-state index in [0.29, 0.717) is 5.56 Å². The summed E-state index contributed by atoms with van der Waals surface area (Å²) < 4.78 is 3.37. The second kappa shape index (κ2) is 8.66. The minimum Gasteiger partial charge on any atom is -0.316 e. The summed E-state index contributed by atoms with van der Waals surface area (Å²) in [6.45, 7) is 9.52. The van der Waals surface area contributed by atoms with Gasteiger partial charge in [0, 0.05) is 17.9 Å². The number of thioether (sulfide) groups is 1. The molecule has 0 unspecified atom stereocenters. The van der Waals surface area contributed by atoms with E-state index in [1.165, 1.54) is 15.8 Å². The smallest absolute Gasteiger partial charge is 0.279 e. The Labute approximate surface area is 175 Å². The summed E-state index contributed by atoms with van der Waals surface area (Å²) in [5.41, 5.74) is 4.39. The molecule has 2 aromatic carbocycles. The zero-order chi connectivity index (χ0) is 20.3. The third kappa shape index (κ3) is 4.58. The number of fused-ring (bicyclic) bond motifs is 1. The van der Waals surface area contributed by atoms with Gasteiger partial charge in [0.2, 0.25) is 0 Å². The first-order valence-electron chi connectivity index (χ1n) is 9.64. The van der Waals surface area contributed by atoms with E-state index >= 15 is 0 Å². The van der Waals surface area contributed by atoms with E-state index in [0.717, 1.165) is 29.0 Å². The van der Waals surface area contributed by atoms with Crippen LogP contribution < -0.4 is 4.80 Å². The molecule has 0 fully saturated rings. The molecule has 5 heteroatoms. The highest BCUT2D eigenvalue weighted by atomic mass is 32.2. The van der Waals surface area contributed by atoms with E-state index in [1.807, 2.05) is 24.3 Å². The summed E-state index contributed by atoms with van der Waals surface area (Å²) in [6.07, 6.45) is 3.10. The van der Waals surface area contributed by atoms with E-state index in [2.05, 4.69) is 61.7 Å². The molecule has 0 bridgehead atoms. The van der Waals surface area contributed by atoms with E-state index in [1.54, 1.807) is 23.1 Å². The molecule has 0 saturated carbocycles. The fraction of sp³-hybridized carbons (Fsp3) is 0.391. The van der Waals surface area contributed by atoms with Gasteiger partial charge in [-0.1, -0.05) is 57.2 Å². The largest absolute Gasteiger partial charge is 0.316 e. The first kappa shape index (κ1) is 20.9. The summed E-state index contributed by atoms with van der Waals surface area (Å²) in [5.74, 6) is 0.809. The fourth-order valence-electron chi connectivity index (χ4n) is 3.09. The molecule has 0 spiro atoms. The normalized spacial score (nSPS) is 12.7. The Morgan fingerprint density at radius 3 is 2.46 bits per heavy atom. The van der Waals surface area contributed by atoms with Crippen LogP contribution in [0.3, 0.4) is 0 Å². The number of hydrogen-bond acceptors (Lipinski definition) is 3. The highest BCUT2D eigenvalue weighted by molar-refractivity contribution is 7.98. The minimum absolute atomic E-state index is 0.0715. The molecule has 1 heterocycles. The van der Waals surface area contributed by atoms with Crippen LogP contribution in [0.1, 0.15) is 49.2 Å². The van der Waals surface area contributed by atoms with Crippen molar-refractivity contribution >= 4 is 39.2 Å². The molecule has 0 radical (unpaired) electrons. The van der Waals surface area contributed by atoms with Gasteiger partial charge >= 0.3 is 0 Å². The van der Waals surface area contributed by atoms with Gasteiger partial charge in [0.25, 0.3) is 5.91 Å². The lowest BCUT2D eigenvalue weighted by atomic mass is 9.87. The maximum atomic E-state index is 12.8. The van der Waals surface area contributed by atoms with Gasteiger partial charge in [-0.25, -0.2) is 0 Å². The second-order valence-electron chi connectivity index (χ2n) is 7.93. The van der Waals surface area contributed by atoms with Crippen LogP contribution in [0.4, 0.5) is 0 Å². The van der Waals surface area contributed by atoms with Gasteiger partial charge in [0.15, 0.2) is 4.80 Å². The molecule has 3 rings (SSSR count). The van der Waals surface area contributed by atoms with Gasteiger partial charge in [-0.15, -0.1) is 0 Å². The number of aryl methyl sites for hydroxylation is 2. The third-order valence-electron chi connectivity index (χ3n) is 4.87. The molecule has 0 aliphatic heterocycles. The Morgan fingerprint density at radius 1 is 1.14 bits per heavy atom. The molecule has 0 aliphatic rings. The van der Waals surface area contributed by atoms with E-state index in [-0.39, 0.29) is 11.3 Å². The number of hydrogen-bond donors (Lipinski definition) is 0. The van der Waals surface area contributed by atoms with Crippen LogP contribution in [-0.2, 0) is 18.4 Å². The molecule has 3 nitrogen and oxygen atoms in total. The van der Waals surface area contributed by atoms with Crippen LogP contribution in [0, 0.1) is 0 Å². The quantitative estimate of drug-likeness (QED) is 0.541. The van der Waals surface area contributed by atoms with Crippen LogP contribution in [-0.4, -0.2) is 22.5 Å². The number of thiazole rings is 1. The average Bonchev–Trinajstić information content (AvgIpc) is 3.01. The minimum atomic E-state index is -0.180. The lowest BCUT2D eigenvalue weighted by Crippen LogP contribution is -2.18. The third-order valence-corrected chi connectivity index (χ3v) is 6.50. The number of carbonyl (C=O) groups is 1. The second-order valence-corrected chi connectivity index (χ2v) is 9.92. The van der Waals surface area contributed by atoms with Crippen molar-refractivity contribution < 1.29 is 4.79 Å².